The molecule has 0 fully saturated rings. The highest BCUT2D eigenvalue weighted by Gasteiger charge is 2.31. The summed E-state index contributed by atoms with van der Waals surface area (Å²) in [5.74, 6) is 0. The Bertz CT molecular complexity index is 241. The lowest BCUT2D eigenvalue weighted by molar-refractivity contribution is 0.0892. The van der Waals surface area contributed by atoms with Crippen LogP contribution in [0.1, 0.15) is 40.5 Å². The maximum Gasteiger partial charge on any atom is 0.0161 e. The monoisotopic (exact) mass is 238 g/mol. The lowest BCUT2D eigenvalue weighted by Gasteiger charge is -2.42. The third-order valence-corrected chi connectivity index (χ3v) is 3.30. The van der Waals surface area contributed by atoms with Crippen LogP contribution in [0.5, 0.6) is 0 Å². The molecule has 0 aliphatic carbocycles. The fourth-order valence-electron chi connectivity index (χ4n) is 2.42. The summed E-state index contributed by atoms with van der Waals surface area (Å²) < 4.78 is 0. The molecule has 100 valence electrons. The number of hydrogen-bond acceptors (Lipinski definition) is 2. The van der Waals surface area contributed by atoms with Crippen LogP contribution in [0.2, 0.25) is 0 Å². The standard InChI is InChI=1S/C15H30N2/c1-7-9-11-17(12-10-16)15(5,6)13-14(3,4)8-2/h7-8H,1-2,9-13,16H2,3-6H3. The summed E-state index contributed by atoms with van der Waals surface area (Å²) >= 11 is 0. The van der Waals surface area contributed by atoms with Gasteiger partial charge in [0, 0.05) is 25.2 Å². The first-order valence-corrected chi connectivity index (χ1v) is 6.48. The summed E-state index contributed by atoms with van der Waals surface area (Å²) in [6.45, 7) is 19.4. The van der Waals surface area contributed by atoms with Gasteiger partial charge in [-0.15, -0.1) is 13.2 Å². The molecule has 2 nitrogen and oxygen atoms in total. The van der Waals surface area contributed by atoms with Crippen LogP contribution in [0.15, 0.2) is 25.3 Å². The van der Waals surface area contributed by atoms with E-state index in [4.69, 9.17) is 5.73 Å². The van der Waals surface area contributed by atoms with E-state index >= 15 is 0 Å². The molecule has 0 aliphatic rings. The molecule has 0 heterocycles. The largest absolute Gasteiger partial charge is 0.329 e. The van der Waals surface area contributed by atoms with Crippen LogP contribution in [0.3, 0.4) is 0 Å². The highest BCUT2D eigenvalue weighted by molar-refractivity contribution is 4.96. The predicted octanol–water partition coefficient (Wildman–Crippen LogP) is 3.20. The Kier molecular flexibility index (Phi) is 6.73. The fourth-order valence-corrected chi connectivity index (χ4v) is 2.42. The number of rotatable bonds is 9. The Labute approximate surface area is 108 Å². The Hall–Kier alpha value is -0.600. The first kappa shape index (κ1) is 16.4. The third kappa shape index (κ3) is 6.04. The van der Waals surface area contributed by atoms with Gasteiger partial charge in [0.05, 0.1) is 0 Å². The van der Waals surface area contributed by atoms with Gasteiger partial charge in [-0.3, -0.25) is 4.90 Å². The van der Waals surface area contributed by atoms with E-state index in [1.54, 1.807) is 0 Å². The van der Waals surface area contributed by atoms with E-state index in [1.165, 1.54) is 0 Å². The van der Waals surface area contributed by atoms with Gasteiger partial charge in [0.15, 0.2) is 0 Å². The zero-order valence-electron chi connectivity index (χ0n) is 12.1. The van der Waals surface area contributed by atoms with Crippen molar-refractivity contribution >= 4 is 0 Å². The molecule has 0 saturated carbocycles. The summed E-state index contributed by atoms with van der Waals surface area (Å²) in [5.41, 5.74) is 6.00. The van der Waals surface area contributed by atoms with Crippen molar-refractivity contribution < 1.29 is 0 Å². The highest BCUT2D eigenvalue weighted by Crippen LogP contribution is 2.32. The number of nitrogens with two attached hydrogens (primary N) is 1. The maximum atomic E-state index is 5.71. The predicted molar refractivity (Wildman–Crippen MR) is 78.1 cm³/mol. The van der Waals surface area contributed by atoms with Crippen molar-refractivity contribution in [3.8, 4) is 0 Å². The Morgan fingerprint density at radius 2 is 1.71 bits per heavy atom. The number of allylic oxidation sites excluding steroid dienone is 1. The van der Waals surface area contributed by atoms with Crippen molar-refractivity contribution in [2.45, 2.75) is 46.1 Å². The SMILES string of the molecule is C=CCCN(CCN)C(C)(C)CC(C)(C)C=C. The van der Waals surface area contributed by atoms with E-state index in [1.807, 2.05) is 12.2 Å². The zero-order valence-corrected chi connectivity index (χ0v) is 12.1. The van der Waals surface area contributed by atoms with Crippen molar-refractivity contribution in [1.82, 2.24) is 4.90 Å². The smallest absolute Gasteiger partial charge is 0.0161 e. The average molecular weight is 238 g/mol. The molecular weight excluding hydrogens is 208 g/mol. The first-order chi connectivity index (χ1) is 7.79. The van der Waals surface area contributed by atoms with Crippen LogP contribution >= 0.6 is 0 Å². The number of hydrogen-bond donors (Lipinski definition) is 1. The van der Waals surface area contributed by atoms with Gasteiger partial charge in [-0.25, -0.2) is 0 Å². The second kappa shape index (κ2) is 6.97. The molecule has 0 aromatic rings. The fraction of sp³-hybridized carbons (Fsp3) is 0.733. The van der Waals surface area contributed by atoms with Crippen LogP contribution in [-0.4, -0.2) is 30.1 Å². The molecule has 17 heavy (non-hydrogen) atoms. The first-order valence-electron chi connectivity index (χ1n) is 6.48. The molecule has 0 radical (unpaired) electrons. The van der Waals surface area contributed by atoms with Crippen LogP contribution in [0.4, 0.5) is 0 Å². The van der Waals surface area contributed by atoms with Crippen molar-refractivity contribution in [3.63, 3.8) is 0 Å². The van der Waals surface area contributed by atoms with Gasteiger partial charge in [0.2, 0.25) is 0 Å². The maximum absolute atomic E-state index is 5.71. The Morgan fingerprint density at radius 1 is 1.12 bits per heavy atom. The molecule has 0 unspecified atom stereocenters. The molecule has 2 N–H and O–H groups in total. The molecule has 0 aromatic carbocycles. The van der Waals surface area contributed by atoms with E-state index in [9.17, 15) is 0 Å². The summed E-state index contributed by atoms with van der Waals surface area (Å²) in [4.78, 5) is 2.46. The normalized spacial score (nSPS) is 12.8. The summed E-state index contributed by atoms with van der Waals surface area (Å²) in [6, 6.07) is 0. The zero-order chi connectivity index (χ0) is 13.5. The van der Waals surface area contributed by atoms with Gasteiger partial charge in [-0.1, -0.05) is 26.0 Å². The lowest BCUT2D eigenvalue weighted by atomic mass is 9.79. The van der Waals surface area contributed by atoms with Gasteiger partial charge in [-0.2, -0.15) is 0 Å². The highest BCUT2D eigenvalue weighted by atomic mass is 15.2. The minimum atomic E-state index is 0.139. The minimum absolute atomic E-state index is 0.139. The summed E-state index contributed by atoms with van der Waals surface area (Å²) in [5, 5.41) is 0. The van der Waals surface area contributed by atoms with Gasteiger partial charge < -0.3 is 5.73 Å². The topological polar surface area (TPSA) is 29.3 Å². The summed E-state index contributed by atoms with van der Waals surface area (Å²) in [7, 11) is 0. The summed E-state index contributed by atoms with van der Waals surface area (Å²) in [6.07, 6.45) is 6.11. The van der Waals surface area contributed by atoms with E-state index in [0.29, 0.717) is 6.54 Å². The quantitative estimate of drug-likeness (QED) is 0.625. The minimum Gasteiger partial charge on any atom is -0.329 e. The molecule has 0 atom stereocenters. The van der Waals surface area contributed by atoms with Crippen molar-refractivity contribution in [2.24, 2.45) is 11.1 Å². The van der Waals surface area contributed by atoms with Crippen LogP contribution < -0.4 is 5.73 Å². The van der Waals surface area contributed by atoms with Crippen LogP contribution in [0.25, 0.3) is 0 Å². The second-order valence-electron chi connectivity index (χ2n) is 6.03. The molecule has 2 heteroatoms. The molecule has 0 amide bonds. The molecule has 0 aliphatic heterocycles. The molecule has 0 saturated heterocycles. The van der Waals surface area contributed by atoms with Crippen LogP contribution in [0, 0.1) is 5.41 Å². The van der Waals surface area contributed by atoms with E-state index in [-0.39, 0.29) is 11.0 Å². The molecule has 0 bridgehead atoms. The van der Waals surface area contributed by atoms with Crippen molar-refractivity contribution in [3.05, 3.63) is 25.3 Å². The van der Waals surface area contributed by atoms with Gasteiger partial charge in [0.1, 0.15) is 0 Å². The third-order valence-electron chi connectivity index (χ3n) is 3.30. The van der Waals surface area contributed by atoms with Gasteiger partial charge in [0.25, 0.3) is 0 Å². The Morgan fingerprint density at radius 3 is 2.12 bits per heavy atom. The van der Waals surface area contributed by atoms with Crippen molar-refractivity contribution in [1.29, 1.82) is 0 Å². The number of nitrogens with zero attached hydrogens (tertiary/aromatic N) is 1. The van der Waals surface area contributed by atoms with E-state index in [0.717, 1.165) is 25.9 Å². The van der Waals surface area contributed by atoms with E-state index < -0.39 is 0 Å². The second-order valence-corrected chi connectivity index (χ2v) is 6.03. The van der Waals surface area contributed by atoms with Crippen molar-refractivity contribution in [2.75, 3.05) is 19.6 Å². The van der Waals surface area contributed by atoms with Gasteiger partial charge >= 0.3 is 0 Å². The molecule has 0 spiro atoms. The molecule has 0 aromatic heterocycles. The van der Waals surface area contributed by atoms with E-state index in [2.05, 4.69) is 45.8 Å². The molecular formula is C15H30N2. The molecule has 0 rings (SSSR count). The lowest BCUT2D eigenvalue weighted by Crippen LogP contribution is -2.48. The average Bonchev–Trinajstić information content (AvgIpc) is 2.22. The Balaban J connectivity index is 4.68. The van der Waals surface area contributed by atoms with Crippen LogP contribution in [-0.2, 0) is 0 Å². The van der Waals surface area contributed by atoms with Gasteiger partial charge in [-0.05, 0) is 32.1 Å².